The molecular weight excluding hydrogens is 466 g/mol. The Balaban J connectivity index is 1.56. The van der Waals surface area contributed by atoms with Gasteiger partial charge < -0.3 is 14.2 Å². The first-order valence-corrected chi connectivity index (χ1v) is 11.8. The number of hydrogen-bond donors (Lipinski definition) is 2. The van der Waals surface area contributed by atoms with Crippen LogP contribution in [0.25, 0.3) is 0 Å². The molecule has 1 aliphatic rings. The van der Waals surface area contributed by atoms with Crippen molar-refractivity contribution in [2.24, 2.45) is 0 Å². The number of methoxy groups -OCH3 is 1. The van der Waals surface area contributed by atoms with E-state index in [9.17, 15) is 22.8 Å². The maximum Gasteiger partial charge on any atom is 0.338 e. The summed E-state index contributed by atoms with van der Waals surface area (Å²) < 4.78 is 42.4. The molecule has 0 radical (unpaired) electrons. The Hall–Kier alpha value is -3.48. The fourth-order valence-electron chi connectivity index (χ4n) is 3.12. The monoisotopic (exact) mass is 491 g/mol. The van der Waals surface area contributed by atoms with Crippen molar-refractivity contribution >= 4 is 27.8 Å². The van der Waals surface area contributed by atoms with Gasteiger partial charge in [-0.15, -0.1) is 0 Å². The lowest BCUT2D eigenvalue weighted by Crippen LogP contribution is -2.43. The van der Waals surface area contributed by atoms with Crippen molar-refractivity contribution in [3.05, 3.63) is 59.2 Å². The first-order valence-electron chi connectivity index (χ1n) is 10.3. The van der Waals surface area contributed by atoms with Crippen molar-refractivity contribution in [3.8, 4) is 5.75 Å². The third-order valence-electron chi connectivity index (χ3n) is 5.01. The Bertz CT molecular complexity index is 1160. The van der Waals surface area contributed by atoms with Crippen LogP contribution >= 0.6 is 0 Å². The Morgan fingerprint density at radius 3 is 2.29 bits per heavy atom. The molecule has 3 rings (SSSR count). The molecule has 12 heteroatoms. The first kappa shape index (κ1) is 25.1. The predicted octanol–water partition coefficient (Wildman–Crippen LogP) is 0.643. The number of rotatable bonds is 7. The summed E-state index contributed by atoms with van der Waals surface area (Å²) in [7, 11) is -2.32. The van der Waals surface area contributed by atoms with Crippen LogP contribution in [0.5, 0.6) is 5.75 Å². The lowest BCUT2D eigenvalue weighted by atomic mass is 10.1. The van der Waals surface area contributed by atoms with E-state index < -0.39 is 34.4 Å². The molecule has 0 saturated carbocycles. The van der Waals surface area contributed by atoms with E-state index in [2.05, 4.69) is 10.9 Å². The Kier molecular flexibility index (Phi) is 8.21. The van der Waals surface area contributed by atoms with Crippen molar-refractivity contribution in [2.75, 3.05) is 40.0 Å². The summed E-state index contributed by atoms with van der Waals surface area (Å²) in [5.74, 6) is -1.65. The Morgan fingerprint density at radius 2 is 1.65 bits per heavy atom. The molecule has 2 aromatic carbocycles. The Morgan fingerprint density at radius 1 is 1.00 bits per heavy atom. The number of hydrazine groups is 1. The van der Waals surface area contributed by atoms with Crippen molar-refractivity contribution in [1.82, 2.24) is 15.2 Å². The predicted molar refractivity (Wildman–Crippen MR) is 120 cm³/mol. The summed E-state index contributed by atoms with van der Waals surface area (Å²) in [6, 6.07) is 10.4. The highest BCUT2D eigenvalue weighted by molar-refractivity contribution is 7.89. The zero-order valence-corrected chi connectivity index (χ0v) is 19.5. The summed E-state index contributed by atoms with van der Waals surface area (Å²) in [6.07, 6.45) is 0. The van der Waals surface area contributed by atoms with Crippen LogP contribution in [0.15, 0.2) is 47.4 Å². The number of hydrogen-bond acceptors (Lipinski definition) is 8. The van der Waals surface area contributed by atoms with E-state index in [0.29, 0.717) is 24.5 Å². The number of carbonyl (C=O) groups is 3. The van der Waals surface area contributed by atoms with Gasteiger partial charge in [0.2, 0.25) is 10.0 Å². The maximum atomic E-state index is 13.0. The van der Waals surface area contributed by atoms with Crippen LogP contribution < -0.4 is 15.6 Å². The normalized spacial score (nSPS) is 14.2. The highest BCUT2D eigenvalue weighted by Gasteiger charge is 2.28. The number of nitrogens with zero attached hydrogens (tertiary/aromatic N) is 1. The fraction of sp³-hybridized carbons (Fsp3) is 0.318. The second-order valence-electron chi connectivity index (χ2n) is 7.30. The molecular formula is C22H25N3O8S. The Labute approximate surface area is 197 Å². The number of amides is 2. The van der Waals surface area contributed by atoms with Crippen molar-refractivity contribution in [3.63, 3.8) is 0 Å². The molecule has 1 saturated heterocycles. The standard InChI is InChI=1S/C22H25N3O8S/c1-15-3-4-17(13-19(15)34(29,30)25-9-11-32-12-10-25)22(28)33-14-20(26)23-24-21(27)16-5-7-18(31-2)8-6-16/h3-8,13H,9-12,14H2,1-2H3,(H,23,26)(H,24,27). The minimum atomic E-state index is -3.82. The minimum absolute atomic E-state index is 0.0138. The van der Waals surface area contributed by atoms with Gasteiger partial charge in [0.25, 0.3) is 11.8 Å². The molecule has 2 aromatic rings. The molecule has 0 aliphatic carbocycles. The highest BCUT2D eigenvalue weighted by atomic mass is 32.2. The SMILES string of the molecule is COc1ccc(C(=O)NNC(=O)COC(=O)c2ccc(C)c(S(=O)(=O)N3CCOCC3)c2)cc1. The average molecular weight is 492 g/mol. The van der Waals surface area contributed by atoms with Gasteiger partial charge in [-0.05, 0) is 48.9 Å². The molecule has 0 bridgehead atoms. The van der Waals surface area contributed by atoms with Gasteiger partial charge in [0.1, 0.15) is 5.75 Å². The molecule has 2 amide bonds. The summed E-state index contributed by atoms with van der Waals surface area (Å²) in [6.45, 7) is 1.98. The smallest absolute Gasteiger partial charge is 0.338 e. The van der Waals surface area contributed by atoms with Gasteiger partial charge in [-0.3, -0.25) is 20.4 Å². The lowest BCUT2D eigenvalue weighted by Gasteiger charge is -2.26. The minimum Gasteiger partial charge on any atom is -0.497 e. The van der Waals surface area contributed by atoms with Gasteiger partial charge in [0, 0.05) is 18.7 Å². The quantitative estimate of drug-likeness (QED) is 0.425. The zero-order valence-electron chi connectivity index (χ0n) is 18.7. The average Bonchev–Trinajstić information content (AvgIpc) is 2.86. The fourth-order valence-corrected chi connectivity index (χ4v) is 4.78. The van der Waals surface area contributed by atoms with Gasteiger partial charge >= 0.3 is 5.97 Å². The number of ether oxygens (including phenoxy) is 3. The molecule has 0 spiro atoms. The molecule has 1 aliphatic heterocycles. The van der Waals surface area contributed by atoms with Crippen LogP contribution in [0.1, 0.15) is 26.3 Å². The number of morpholine rings is 1. The van der Waals surface area contributed by atoms with Gasteiger partial charge in [-0.2, -0.15) is 4.31 Å². The van der Waals surface area contributed by atoms with Crippen molar-refractivity contribution < 1.29 is 37.0 Å². The molecule has 0 atom stereocenters. The van der Waals surface area contributed by atoms with Crippen LogP contribution in [0.2, 0.25) is 0 Å². The van der Waals surface area contributed by atoms with E-state index in [1.54, 1.807) is 19.1 Å². The van der Waals surface area contributed by atoms with Crippen molar-refractivity contribution in [1.29, 1.82) is 0 Å². The molecule has 1 fully saturated rings. The molecule has 34 heavy (non-hydrogen) atoms. The van der Waals surface area contributed by atoms with E-state index >= 15 is 0 Å². The second kappa shape index (κ2) is 11.1. The third kappa shape index (κ3) is 6.10. The van der Waals surface area contributed by atoms with Crippen LogP contribution in [0, 0.1) is 6.92 Å². The van der Waals surface area contributed by atoms with E-state index in [1.807, 2.05) is 0 Å². The largest absolute Gasteiger partial charge is 0.497 e. The number of esters is 1. The second-order valence-corrected chi connectivity index (χ2v) is 9.21. The lowest BCUT2D eigenvalue weighted by molar-refractivity contribution is -0.125. The van der Waals surface area contributed by atoms with Crippen LogP contribution in [0.3, 0.4) is 0 Å². The number of carbonyl (C=O) groups excluding carboxylic acids is 3. The van der Waals surface area contributed by atoms with E-state index in [-0.39, 0.29) is 29.1 Å². The number of benzene rings is 2. The maximum absolute atomic E-state index is 13.0. The molecule has 182 valence electrons. The van der Waals surface area contributed by atoms with Crippen LogP contribution in [-0.2, 0) is 24.3 Å². The number of sulfonamides is 1. The van der Waals surface area contributed by atoms with E-state index in [1.165, 1.54) is 41.7 Å². The number of aryl methyl sites for hydroxylation is 1. The van der Waals surface area contributed by atoms with Crippen LogP contribution in [0.4, 0.5) is 0 Å². The van der Waals surface area contributed by atoms with E-state index in [4.69, 9.17) is 14.2 Å². The summed E-state index contributed by atoms with van der Waals surface area (Å²) in [5.41, 5.74) is 5.09. The van der Waals surface area contributed by atoms with Crippen molar-refractivity contribution in [2.45, 2.75) is 11.8 Å². The summed E-state index contributed by atoms with van der Waals surface area (Å²) >= 11 is 0. The molecule has 0 aromatic heterocycles. The molecule has 1 heterocycles. The zero-order chi connectivity index (χ0) is 24.7. The van der Waals surface area contributed by atoms with Crippen LogP contribution in [-0.4, -0.2) is 70.5 Å². The summed E-state index contributed by atoms with van der Waals surface area (Å²) in [5, 5.41) is 0. The van der Waals surface area contributed by atoms with Gasteiger partial charge in [0.05, 0.1) is 30.8 Å². The summed E-state index contributed by atoms with van der Waals surface area (Å²) in [4.78, 5) is 36.4. The third-order valence-corrected chi connectivity index (χ3v) is 7.05. The van der Waals surface area contributed by atoms with Gasteiger partial charge in [-0.25, -0.2) is 13.2 Å². The molecule has 11 nitrogen and oxygen atoms in total. The number of nitrogens with one attached hydrogen (secondary N) is 2. The van der Waals surface area contributed by atoms with Gasteiger partial charge in [-0.1, -0.05) is 6.07 Å². The van der Waals surface area contributed by atoms with E-state index in [0.717, 1.165) is 0 Å². The molecule has 2 N–H and O–H groups in total. The topological polar surface area (TPSA) is 140 Å². The van der Waals surface area contributed by atoms with Gasteiger partial charge in [0.15, 0.2) is 6.61 Å². The first-order chi connectivity index (χ1) is 16.2. The highest BCUT2D eigenvalue weighted by Crippen LogP contribution is 2.22. The molecule has 0 unspecified atom stereocenters.